The number of hydrogen-bond acceptors (Lipinski definition) is 7. The predicted molar refractivity (Wildman–Crippen MR) is 298 cm³/mol. The number of unbranched alkanes of at least 4 members (excludes halogenated alkanes) is 34. The molecule has 1 N–H and O–H groups in total. The number of quaternary nitrogens is 1. The first-order valence-electron chi connectivity index (χ1n) is 29.8. The van der Waals surface area contributed by atoms with Crippen LogP contribution in [0.4, 0.5) is 0 Å². The van der Waals surface area contributed by atoms with Crippen molar-refractivity contribution in [3.05, 3.63) is 36.5 Å². The summed E-state index contributed by atoms with van der Waals surface area (Å²) in [6.07, 6.45) is 59.6. The molecule has 1 amide bonds. The topological polar surface area (TPSA) is 114 Å². The fraction of sp³-hybridized carbons (Fsp3) is 0.867. The van der Waals surface area contributed by atoms with Gasteiger partial charge in [0.25, 0.3) is 7.82 Å². The van der Waals surface area contributed by atoms with Crippen LogP contribution in [0.2, 0.25) is 0 Å². The molecule has 0 aliphatic rings. The molecule has 0 aliphatic heterocycles. The van der Waals surface area contributed by atoms with Crippen molar-refractivity contribution in [3.8, 4) is 0 Å². The van der Waals surface area contributed by atoms with Crippen LogP contribution in [-0.2, 0) is 27.9 Å². The van der Waals surface area contributed by atoms with Crippen molar-refractivity contribution in [2.45, 2.75) is 296 Å². The molecule has 3 unspecified atom stereocenters. The van der Waals surface area contributed by atoms with Crippen LogP contribution in [0.1, 0.15) is 284 Å². The van der Waals surface area contributed by atoms with Crippen LogP contribution in [0.15, 0.2) is 36.5 Å². The third kappa shape index (κ3) is 51.1. The molecule has 10 heteroatoms. The Morgan fingerprint density at radius 2 is 0.871 bits per heavy atom. The van der Waals surface area contributed by atoms with Gasteiger partial charge in [-0.3, -0.25) is 14.2 Å². The molecule has 0 heterocycles. The van der Waals surface area contributed by atoms with Crippen LogP contribution < -0.4 is 10.2 Å². The zero-order chi connectivity index (χ0) is 51.5. The summed E-state index contributed by atoms with van der Waals surface area (Å²) in [4.78, 5) is 39.8. The maximum absolute atomic E-state index is 13.4. The average Bonchev–Trinajstić information content (AvgIpc) is 3.32. The molecule has 412 valence electrons. The number of nitrogens with zero attached hydrogens (tertiary/aromatic N) is 1. The van der Waals surface area contributed by atoms with Gasteiger partial charge in [0.2, 0.25) is 5.91 Å². The number of likely N-dealkylation sites (N-methyl/N-ethyl adjacent to an activating group) is 1. The Labute approximate surface area is 434 Å². The zero-order valence-corrected chi connectivity index (χ0v) is 47.9. The Morgan fingerprint density at radius 1 is 0.500 bits per heavy atom. The molecular weight excluding hydrogens is 892 g/mol. The van der Waals surface area contributed by atoms with E-state index in [1.165, 1.54) is 186 Å². The quantitative estimate of drug-likeness (QED) is 0.0212. The number of phosphoric acid groups is 1. The minimum Gasteiger partial charge on any atom is -0.756 e. The molecule has 0 saturated carbocycles. The van der Waals surface area contributed by atoms with Gasteiger partial charge in [-0.25, -0.2) is 0 Å². The van der Waals surface area contributed by atoms with Gasteiger partial charge in [-0.05, 0) is 63.9 Å². The third-order valence-corrected chi connectivity index (χ3v) is 14.3. The van der Waals surface area contributed by atoms with Crippen LogP contribution in [0, 0.1) is 0 Å². The van der Waals surface area contributed by atoms with Gasteiger partial charge in [0, 0.05) is 12.8 Å². The molecule has 0 aliphatic carbocycles. The standard InChI is InChI=1S/C60H115N2O7P/c1-7-10-13-16-19-22-25-27-28-29-30-31-32-33-34-35-38-41-44-47-50-53-60(64)69-58(51-48-45-42-39-37-26-23-20-17-14-11-8-2)57(56-68-70(65,66)67-55-54-62(4,5)6)61-59(63)52-49-46-43-40-36-24-21-18-15-12-9-3/h19,22,27-28,48,51,57-58H,7-18,20-21,23-26,29-47,49-50,52-56H2,1-6H3,(H-,61,63,65,66)/b22-19-,28-27-,51-48+. The van der Waals surface area contributed by atoms with Crippen molar-refractivity contribution >= 4 is 19.7 Å². The summed E-state index contributed by atoms with van der Waals surface area (Å²) in [5, 5.41) is 3.02. The van der Waals surface area contributed by atoms with Crippen molar-refractivity contribution < 1.29 is 37.3 Å². The Balaban J connectivity index is 5.19. The molecular formula is C60H115N2O7P. The van der Waals surface area contributed by atoms with Crippen molar-refractivity contribution in [2.24, 2.45) is 0 Å². The number of phosphoric ester groups is 1. The van der Waals surface area contributed by atoms with Crippen molar-refractivity contribution in [3.63, 3.8) is 0 Å². The summed E-state index contributed by atoms with van der Waals surface area (Å²) in [6, 6.07) is -0.883. The van der Waals surface area contributed by atoms with Gasteiger partial charge >= 0.3 is 5.97 Å². The number of carbonyl (C=O) groups excluding carboxylic acids is 2. The second kappa shape index (κ2) is 50.7. The molecule has 0 fully saturated rings. The summed E-state index contributed by atoms with van der Waals surface area (Å²) in [7, 11) is 1.19. The van der Waals surface area contributed by atoms with E-state index in [-0.39, 0.29) is 31.5 Å². The molecule has 0 aromatic rings. The van der Waals surface area contributed by atoms with Crippen molar-refractivity contribution in [1.29, 1.82) is 0 Å². The maximum Gasteiger partial charge on any atom is 0.306 e. The van der Waals surface area contributed by atoms with Gasteiger partial charge in [-0.1, -0.05) is 244 Å². The minimum atomic E-state index is -4.69. The number of rotatable bonds is 54. The Hall–Kier alpha value is -1.77. The average molecular weight is 1010 g/mol. The highest BCUT2D eigenvalue weighted by atomic mass is 31.2. The summed E-state index contributed by atoms with van der Waals surface area (Å²) >= 11 is 0. The van der Waals surface area contributed by atoms with E-state index in [1.807, 2.05) is 33.3 Å². The van der Waals surface area contributed by atoms with Crippen LogP contribution in [0.5, 0.6) is 0 Å². The normalized spacial score (nSPS) is 14.0. The molecule has 0 aromatic heterocycles. The molecule has 0 bridgehead atoms. The molecule has 0 spiro atoms. The van der Waals surface area contributed by atoms with E-state index in [9.17, 15) is 19.0 Å². The maximum atomic E-state index is 13.4. The number of carbonyl (C=O) groups is 2. The summed E-state index contributed by atoms with van der Waals surface area (Å²) < 4.78 is 30.2. The van der Waals surface area contributed by atoms with Gasteiger partial charge in [0.05, 0.1) is 33.8 Å². The van der Waals surface area contributed by atoms with Crippen LogP contribution in [0.25, 0.3) is 0 Å². The number of nitrogens with one attached hydrogen (secondary N) is 1. The van der Waals surface area contributed by atoms with Gasteiger partial charge in [-0.2, -0.15) is 0 Å². The molecule has 9 nitrogen and oxygen atoms in total. The summed E-state index contributed by atoms with van der Waals surface area (Å²) in [5.74, 6) is -0.534. The van der Waals surface area contributed by atoms with Crippen molar-refractivity contribution in [1.82, 2.24) is 5.32 Å². The van der Waals surface area contributed by atoms with E-state index in [0.717, 1.165) is 64.2 Å². The monoisotopic (exact) mass is 1010 g/mol. The number of ether oxygens (including phenoxy) is 1. The highest BCUT2D eigenvalue weighted by Crippen LogP contribution is 2.38. The first kappa shape index (κ1) is 68.2. The van der Waals surface area contributed by atoms with Crippen LogP contribution in [0.3, 0.4) is 0 Å². The van der Waals surface area contributed by atoms with E-state index >= 15 is 0 Å². The lowest BCUT2D eigenvalue weighted by molar-refractivity contribution is -0.870. The van der Waals surface area contributed by atoms with Gasteiger partial charge in [0.15, 0.2) is 0 Å². The lowest BCUT2D eigenvalue weighted by Crippen LogP contribution is -2.47. The summed E-state index contributed by atoms with van der Waals surface area (Å²) in [5.41, 5.74) is 0. The fourth-order valence-corrected chi connectivity index (χ4v) is 9.39. The number of esters is 1. The summed E-state index contributed by atoms with van der Waals surface area (Å²) in [6.45, 7) is 6.83. The lowest BCUT2D eigenvalue weighted by Gasteiger charge is -2.30. The van der Waals surface area contributed by atoms with Crippen molar-refractivity contribution in [2.75, 3.05) is 40.9 Å². The van der Waals surface area contributed by atoms with E-state index in [1.54, 1.807) is 0 Å². The van der Waals surface area contributed by atoms with Gasteiger partial charge in [0.1, 0.15) is 19.3 Å². The smallest absolute Gasteiger partial charge is 0.306 e. The molecule has 0 saturated heterocycles. The molecule has 0 rings (SSSR count). The third-order valence-electron chi connectivity index (χ3n) is 13.3. The first-order valence-corrected chi connectivity index (χ1v) is 31.3. The fourth-order valence-electron chi connectivity index (χ4n) is 8.67. The highest BCUT2D eigenvalue weighted by Gasteiger charge is 2.27. The van der Waals surface area contributed by atoms with Crippen LogP contribution in [-0.4, -0.2) is 69.4 Å². The predicted octanol–water partition coefficient (Wildman–Crippen LogP) is 17.3. The molecule has 70 heavy (non-hydrogen) atoms. The van der Waals surface area contributed by atoms with E-state index < -0.39 is 20.0 Å². The van der Waals surface area contributed by atoms with E-state index in [4.69, 9.17) is 13.8 Å². The van der Waals surface area contributed by atoms with Crippen LogP contribution >= 0.6 is 7.82 Å². The van der Waals surface area contributed by atoms with Gasteiger partial charge < -0.3 is 28.5 Å². The lowest BCUT2D eigenvalue weighted by atomic mass is 10.0. The molecule has 0 aromatic carbocycles. The SMILES string of the molecule is CCCCC/C=C\C/C=C\CCCCCCCCCCCCCC(=O)OC(/C=C/CCCCCCCCCCCC)C(COP(=O)([O-])OCC[N+](C)(C)C)NC(=O)CCCCCCCCCCCCC. The zero-order valence-electron chi connectivity index (χ0n) is 47.0. The van der Waals surface area contributed by atoms with E-state index in [2.05, 4.69) is 50.4 Å². The van der Waals surface area contributed by atoms with E-state index in [0.29, 0.717) is 17.4 Å². The number of allylic oxidation sites excluding steroid dienone is 5. The second-order valence-electron chi connectivity index (χ2n) is 21.5. The Bertz CT molecular complexity index is 1300. The first-order chi connectivity index (χ1) is 33.9. The largest absolute Gasteiger partial charge is 0.756 e. The second-order valence-corrected chi connectivity index (χ2v) is 22.9. The molecule has 3 atom stereocenters. The molecule has 0 radical (unpaired) electrons. The Morgan fingerprint density at radius 3 is 1.31 bits per heavy atom. The van der Waals surface area contributed by atoms with Gasteiger partial charge in [-0.15, -0.1) is 0 Å². The number of amides is 1. The minimum absolute atomic E-state index is 0.0203. The Kier molecular flexibility index (Phi) is 49.5. The number of hydrogen-bond donors (Lipinski definition) is 1. The highest BCUT2D eigenvalue weighted by molar-refractivity contribution is 7.45.